The molecule has 0 radical (unpaired) electrons. The van der Waals surface area contributed by atoms with Gasteiger partial charge in [-0.2, -0.15) is 17.0 Å². The smallest absolute Gasteiger partial charge is 0.240 e. The molecule has 0 aromatic carbocycles. The molecule has 1 saturated carbocycles. The van der Waals surface area contributed by atoms with Crippen molar-refractivity contribution >= 4 is 17.7 Å². The molecular formula is C14H24N2OS. The van der Waals surface area contributed by atoms with E-state index in [2.05, 4.69) is 25.2 Å². The summed E-state index contributed by atoms with van der Waals surface area (Å²) < 4.78 is 0.0248. The van der Waals surface area contributed by atoms with E-state index in [1.165, 1.54) is 0 Å². The SMILES string of the molecule is CSC(C)(C)CNC(=O)C1(C#N)CCCCCC1. The molecule has 0 heterocycles. The summed E-state index contributed by atoms with van der Waals surface area (Å²) in [5, 5.41) is 12.4. The van der Waals surface area contributed by atoms with Crippen LogP contribution in [-0.2, 0) is 4.79 Å². The first kappa shape index (κ1) is 15.4. The van der Waals surface area contributed by atoms with Crippen LogP contribution in [0.4, 0.5) is 0 Å². The summed E-state index contributed by atoms with van der Waals surface area (Å²) in [6.45, 7) is 4.82. The third kappa shape index (κ3) is 3.91. The molecule has 1 N–H and O–H groups in total. The lowest BCUT2D eigenvalue weighted by molar-refractivity contribution is -0.128. The Hall–Kier alpha value is -0.690. The van der Waals surface area contributed by atoms with Gasteiger partial charge in [0.05, 0.1) is 6.07 Å². The summed E-state index contributed by atoms with van der Waals surface area (Å²) in [6, 6.07) is 2.29. The van der Waals surface area contributed by atoms with Crippen molar-refractivity contribution in [1.29, 1.82) is 5.26 Å². The minimum atomic E-state index is -0.773. The number of carbonyl (C=O) groups is 1. The number of thioether (sulfide) groups is 1. The first-order valence-electron chi connectivity index (χ1n) is 6.70. The number of nitrogens with zero attached hydrogens (tertiary/aromatic N) is 1. The number of nitrogens with one attached hydrogen (secondary N) is 1. The summed E-state index contributed by atoms with van der Waals surface area (Å²) in [5.41, 5.74) is -0.773. The number of amides is 1. The van der Waals surface area contributed by atoms with Crippen LogP contribution in [0.2, 0.25) is 0 Å². The Morgan fingerprint density at radius 3 is 2.33 bits per heavy atom. The fraction of sp³-hybridized carbons (Fsp3) is 0.857. The molecular weight excluding hydrogens is 244 g/mol. The number of carbonyl (C=O) groups excluding carboxylic acids is 1. The summed E-state index contributed by atoms with van der Waals surface area (Å²) in [7, 11) is 0. The van der Waals surface area contributed by atoms with Crippen molar-refractivity contribution in [2.24, 2.45) is 5.41 Å². The van der Waals surface area contributed by atoms with Gasteiger partial charge in [-0.25, -0.2) is 0 Å². The molecule has 4 heteroatoms. The summed E-state index contributed by atoms with van der Waals surface area (Å²) >= 11 is 1.73. The molecule has 0 aliphatic heterocycles. The Labute approximate surface area is 115 Å². The van der Waals surface area contributed by atoms with Crippen molar-refractivity contribution in [2.45, 2.75) is 57.1 Å². The van der Waals surface area contributed by atoms with Gasteiger partial charge in [-0.3, -0.25) is 4.79 Å². The normalized spacial score (nSPS) is 19.7. The molecule has 18 heavy (non-hydrogen) atoms. The Balaban J connectivity index is 2.65. The number of nitriles is 1. The van der Waals surface area contributed by atoms with Crippen LogP contribution in [0.25, 0.3) is 0 Å². The molecule has 1 amide bonds. The quantitative estimate of drug-likeness (QED) is 0.797. The molecule has 1 rings (SSSR count). The average molecular weight is 268 g/mol. The fourth-order valence-corrected chi connectivity index (χ4v) is 2.47. The van der Waals surface area contributed by atoms with Gasteiger partial charge in [-0.05, 0) is 32.9 Å². The van der Waals surface area contributed by atoms with Crippen molar-refractivity contribution in [3.8, 4) is 6.07 Å². The topological polar surface area (TPSA) is 52.9 Å². The summed E-state index contributed by atoms with van der Waals surface area (Å²) in [6.07, 6.45) is 7.75. The second kappa shape index (κ2) is 6.47. The van der Waals surface area contributed by atoms with Crippen LogP contribution in [0.1, 0.15) is 52.4 Å². The van der Waals surface area contributed by atoms with E-state index in [1.54, 1.807) is 11.8 Å². The van der Waals surface area contributed by atoms with E-state index in [0.29, 0.717) is 6.54 Å². The zero-order valence-corrected chi connectivity index (χ0v) is 12.5. The molecule has 1 fully saturated rings. The second-order valence-electron chi connectivity index (χ2n) is 5.75. The van der Waals surface area contributed by atoms with Gasteiger partial charge < -0.3 is 5.32 Å². The molecule has 0 saturated heterocycles. The summed E-state index contributed by atoms with van der Waals surface area (Å²) in [4.78, 5) is 12.3. The van der Waals surface area contributed by atoms with E-state index in [1.807, 2.05) is 6.26 Å². The Morgan fingerprint density at radius 1 is 1.33 bits per heavy atom. The van der Waals surface area contributed by atoms with E-state index in [0.717, 1.165) is 38.5 Å². The molecule has 1 aliphatic carbocycles. The van der Waals surface area contributed by atoms with Crippen molar-refractivity contribution in [3.05, 3.63) is 0 Å². The van der Waals surface area contributed by atoms with Gasteiger partial charge in [0.1, 0.15) is 5.41 Å². The molecule has 0 unspecified atom stereocenters. The maximum atomic E-state index is 12.3. The molecule has 1 aliphatic rings. The third-order valence-corrected chi connectivity index (χ3v) is 5.08. The molecule has 0 aromatic heterocycles. The molecule has 0 spiro atoms. The standard InChI is InChI=1S/C14H24N2OS/c1-13(2,18-3)11-16-12(17)14(10-15)8-6-4-5-7-9-14/h4-9,11H2,1-3H3,(H,16,17). The van der Waals surface area contributed by atoms with Crippen LogP contribution in [-0.4, -0.2) is 23.5 Å². The second-order valence-corrected chi connectivity index (χ2v) is 7.27. The van der Waals surface area contributed by atoms with E-state index < -0.39 is 5.41 Å². The molecule has 0 atom stereocenters. The van der Waals surface area contributed by atoms with E-state index in [-0.39, 0.29) is 10.7 Å². The first-order chi connectivity index (χ1) is 8.46. The molecule has 102 valence electrons. The van der Waals surface area contributed by atoms with Crippen molar-refractivity contribution < 1.29 is 4.79 Å². The minimum absolute atomic E-state index is 0.0248. The van der Waals surface area contributed by atoms with Crippen LogP contribution in [0.15, 0.2) is 0 Å². The highest BCUT2D eigenvalue weighted by Crippen LogP contribution is 2.35. The molecule has 0 aromatic rings. The summed E-state index contributed by atoms with van der Waals surface area (Å²) in [5.74, 6) is -0.0611. The Bertz CT molecular complexity index is 325. The van der Waals surface area contributed by atoms with Gasteiger partial charge >= 0.3 is 0 Å². The Kier molecular flexibility index (Phi) is 5.52. The van der Waals surface area contributed by atoms with Gasteiger partial charge in [0.15, 0.2) is 0 Å². The highest BCUT2D eigenvalue weighted by Gasteiger charge is 2.39. The number of hydrogen-bond donors (Lipinski definition) is 1. The number of hydrogen-bond acceptors (Lipinski definition) is 3. The van der Waals surface area contributed by atoms with Gasteiger partial charge in [0, 0.05) is 11.3 Å². The zero-order chi connectivity index (χ0) is 13.6. The highest BCUT2D eigenvalue weighted by atomic mass is 32.2. The first-order valence-corrected chi connectivity index (χ1v) is 7.93. The predicted octanol–water partition coefficient (Wildman–Crippen LogP) is 3.11. The van der Waals surface area contributed by atoms with Crippen molar-refractivity contribution in [3.63, 3.8) is 0 Å². The third-order valence-electron chi connectivity index (χ3n) is 3.83. The van der Waals surface area contributed by atoms with Gasteiger partial charge in [-0.15, -0.1) is 0 Å². The van der Waals surface area contributed by atoms with Crippen LogP contribution < -0.4 is 5.32 Å². The van der Waals surface area contributed by atoms with E-state index in [4.69, 9.17) is 0 Å². The van der Waals surface area contributed by atoms with Crippen molar-refractivity contribution in [1.82, 2.24) is 5.32 Å². The van der Waals surface area contributed by atoms with E-state index >= 15 is 0 Å². The van der Waals surface area contributed by atoms with E-state index in [9.17, 15) is 10.1 Å². The molecule has 3 nitrogen and oxygen atoms in total. The van der Waals surface area contributed by atoms with Crippen LogP contribution in [0.3, 0.4) is 0 Å². The van der Waals surface area contributed by atoms with Crippen LogP contribution in [0.5, 0.6) is 0 Å². The lowest BCUT2D eigenvalue weighted by Gasteiger charge is -2.27. The Morgan fingerprint density at radius 2 is 1.89 bits per heavy atom. The maximum Gasteiger partial charge on any atom is 0.240 e. The minimum Gasteiger partial charge on any atom is -0.353 e. The molecule has 0 bridgehead atoms. The lowest BCUT2D eigenvalue weighted by atomic mass is 9.81. The number of rotatable bonds is 4. The van der Waals surface area contributed by atoms with Crippen LogP contribution in [0, 0.1) is 16.7 Å². The average Bonchev–Trinajstić information content (AvgIpc) is 2.62. The lowest BCUT2D eigenvalue weighted by Crippen LogP contribution is -2.44. The maximum absolute atomic E-state index is 12.3. The predicted molar refractivity (Wildman–Crippen MR) is 76.4 cm³/mol. The highest BCUT2D eigenvalue weighted by molar-refractivity contribution is 7.99. The van der Waals surface area contributed by atoms with Gasteiger partial charge in [0.25, 0.3) is 0 Å². The van der Waals surface area contributed by atoms with Gasteiger partial charge in [0.2, 0.25) is 5.91 Å². The fourth-order valence-electron chi connectivity index (χ4n) is 2.26. The zero-order valence-electron chi connectivity index (χ0n) is 11.7. The van der Waals surface area contributed by atoms with Crippen LogP contribution >= 0.6 is 11.8 Å². The monoisotopic (exact) mass is 268 g/mol. The van der Waals surface area contributed by atoms with Crippen molar-refractivity contribution in [2.75, 3.05) is 12.8 Å². The van der Waals surface area contributed by atoms with Gasteiger partial charge in [-0.1, -0.05) is 25.7 Å². The largest absolute Gasteiger partial charge is 0.353 e.